The highest BCUT2D eigenvalue weighted by Crippen LogP contribution is 2.21. The van der Waals surface area contributed by atoms with E-state index in [2.05, 4.69) is 4.90 Å². The molecular formula is C11H21N3O2. The molecular weight excluding hydrogens is 206 g/mol. The number of nitrogens with two attached hydrogens (primary N) is 1. The molecule has 2 heterocycles. The van der Waals surface area contributed by atoms with Crippen LogP contribution in [-0.2, 0) is 9.53 Å². The van der Waals surface area contributed by atoms with Crippen molar-refractivity contribution in [2.24, 2.45) is 5.73 Å². The predicted octanol–water partition coefficient (Wildman–Crippen LogP) is -0.732. The van der Waals surface area contributed by atoms with Gasteiger partial charge < -0.3 is 15.4 Å². The van der Waals surface area contributed by atoms with Gasteiger partial charge in [-0.25, -0.2) is 0 Å². The Labute approximate surface area is 96.5 Å². The van der Waals surface area contributed by atoms with Crippen LogP contribution in [0.2, 0.25) is 0 Å². The van der Waals surface area contributed by atoms with Gasteiger partial charge >= 0.3 is 0 Å². The van der Waals surface area contributed by atoms with Crippen molar-refractivity contribution in [1.29, 1.82) is 0 Å². The Balaban J connectivity index is 1.75. The minimum atomic E-state index is 0.111. The molecule has 2 fully saturated rings. The Kier molecular flexibility index (Phi) is 4.15. The van der Waals surface area contributed by atoms with Crippen LogP contribution in [0, 0.1) is 0 Å². The first-order chi connectivity index (χ1) is 7.81. The van der Waals surface area contributed by atoms with Crippen LogP contribution in [0.1, 0.15) is 12.8 Å². The van der Waals surface area contributed by atoms with E-state index in [1.165, 1.54) is 19.4 Å². The third kappa shape index (κ3) is 2.72. The maximum atomic E-state index is 11.8. The second-order valence-corrected chi connectivity index (χ2v) is 4.51. The van der Waals surface area contributed by atoms with Crippen LogP contribution in [0.25, 0.3) is 0 Å². The van der Waals surface area contributed by atoms with Gasteiger partial charge in [-0.1, -0.05) is 0 Å². The lowest BCUT2D eigenvalue weighted by Gasteiger charge is -2.37. The first-order valence-electron chi connectivity index (χ1n) is 6.11. The summed E-state index contributed by atoms with van der Waals surface area (Å²) < 4.78 is 5.18. The lowest BCUT2D eigenvalue weighted by atomic mass is 10.1. The molecule has 2 N–H and O–H groups in total. The lowest BCUT2D eigenvalue weighted by molar-refractivity contribution is -0.138. The van der Waals surface area contributed by atoms with Gasteiger partial charge in [0.25, 0.3) is 0 Å². The molecule has 0 radical (unpaired) electrons. The average Bonchev–Trinajstić information content (AvgIpc) is 2.76. The molecule has 2 saturated heterocycles. The maximum absolute atomic E-state index is 11.8. The number of carbonyl (C=O) groups excluding carboxylic acids is 1. The fraction of sp³-hybridized carbons (Fsp3) is 0.909. The zero-order chi connectivity index (χ0) is 11.4. The molecule has 16 heavy (non-hydrogen) atoms. The Morgan fingerprint density at radius 1 is 1.38 bits per heavy atom. The van der Waals surface area contributed by atoms with Crippen molar-refractivity contribution in [1.82, 2.24) is 9.80 Å². The molecule has 0 spiro atoms. The van der Waals surface area contributed by atoms with Crippen LogP contribution < -0.4 is 5.73 Å². The number of fused-ring (bicyclic) bond motifs is 1. The van der Waals surface area contributed by atoms with Crippen molar-refractivity contribution in [3.8, 4) is 0 Å². The number of rotatable bonds is 4. The van der Waals surface area contributed by atoms with E-state index >= 15 is 0 Å². The SMILES string of the molecule is NCCOCC(=O)N1CCN2CCCC2C1. The van der Waals surface area contributed by atoms with Gasteiger partial charge in [0.1, 0.15) is 6.61 Å². The highest BCUT2D eigenvalue weighted by Gasteiger charge is 2.32. The van der Waals surface area contributed by atoms with Crippen LogP contribution in [0.4, 0.5) is 0 Å². The number of piperazine rings is 1. The van der Waals surface area contributed by atoms with Gasteiger partial charge in [-0.15, -0.1) is 0 Å². The fourth-order valence-electron chi connectivity index (χ4n) is 2.55. The van der Waals surface area contributed by atoms with E-state index in [0.29, 0.717) is 19.2 Å². The molecule has 1 amide bonds. The molecule has 0 aromatic heterocycles. The van der Waals surface area contributed by atoms with Gasteiger partial charge in [-0.05, 0) is 19.4 Å². The molecule has 0 aromatic rings. The Morgan fingerprint density at radius 3 is 3.06 bits per heavy atom. The molecule has 1 atom stereocenters. The predicted molar refractivity (Wildman–Crippen MR) is 61.0 cm³/mol. The zero-order valence-corrected chi connectivity index (χ0v) is 9.73. The number of hydrogen-bond donors (Lipinski definition) is 1. The monoisotopic (exact) mass is 227 g/mol. The second-order valence-electron chi connectivity index (χ2n) is 4.51. The van der Waals surface area contributed by atoms with E-state index in [0.717, 1.165) is 19.6 Å². The summed E-state index contributed by atoms with van der Waals surface area (Å²) in [7, 11) is 0. The molecule has 5 heteroatoms. The molecule has 2 aliphatic rings. The Morgan fingerprint density at radius 2 is 2.25 bits per heavy atom. The summed E-state index contributed by atoms with van der Waals surface area (Å²) in [6, 6.07) is 0.590. The highest BCUT2D eigenvalue weighted by atomic mass is 16.5. The van der Waals surface area contributed by atoms with Gasteiger partial charge in [0.2, 0.25) is 5.91 Å². The van der Waals surface area contributed by atoms with Crippen LogP contribution in [0.5, 0.6) is 0 Å². The van der Waals surface area contributed by atoms with E-state index in [9.17, 15) is 4.79 Å². The van der Waals surface area contributed by atoms with Crippen LogP contribution in [-0.4, -0.2) is 67.7 Å². The number of hydrogen-bond acceptors (Lipinski definition) is 4. The van der Waals surface area contributed by atoms with Gasteiger partial charge in [0.15, 0.2) is 0 Å². The number of amides is 1. The quantitative estimate of drug-likeness (QED) is 0.643. The minimum Gasteiger partial charge on any atom is -0.370 e. The van der Waals surface area contributed by atoms with Crippen molar-refractivity contribution in [2.75, 3.05) is 45.9 Å². The van der Waals surface area contributed by atoms with E-state index < -0.39 is 0 Å². The molecule has 2 aliphatic heterocycles. The van der Waals surface area contributed by atoms with Crippen molar-refractivity contribution in [3.05, 3.63) is 0 Å². The van der Waals surface area contributed by atoms with E-state index in [-0.39, 0.29) is 12.5 Å². The average molecular weight is 227 g/mol. The molecule has 0 saturated carbocycles. The van der Waals surface area contributed by atoms with E-state index in [4.69, 9.17) is 10.5 Å². The van der Waals surface area contributed by atoms with Crippen molar-refractivity contribution < 1.29 is 9.53 Å². The van der Waals surface area contributed by atoms with Gasteiger partial charge in [0, 0.05) is 32.2 Å². The summed E-state index contributed by atoms with van der Waals surface area (Å²) in [5.74, 6) is 0.111. The molecule has 92 valence electrons. The van der Waals surface area contributed by atoms with Gasteiger partial charge in [-0.3, -0.25) is 9.69 Å². The smallest absolute Gasteiger partial charge is 0.248 e. The van der Waals surface area contributed by atoms with Crippen LogP contribution >= 0.6 is 0 Å². The van der Waals surface area contributed by atoms with Crippen LogP contribution in [0.3, 0.4) is 0 Å². The standard InChI is InChI=1S/C11H21N3O2/c12-3-7-16-9-11(15)14-6-5-13-4-1-2-10(13)8-14/h10H,1-9,12H2. The lowest BCUT2D eigenvalue weighted by Crippen LogP contribution is -2.52. The summed E-state index contributed by atoms with van der Waals surface area (Å²) in [5, 5.41) is 0. The first kappa shape index (κ1) is 11.8. The summed E-state index contributed by atoms with van der Waals surface area (Å²) in [5.41, 5.74) is 5.31. The summed E-state index contributed by atoms with van der Waals surface area (Å²) in [6.45, 7) is 5.08. The van der Waals surface area contributed by atoms with E-state index in [1.54, 1.807) is 0 Å². The molecule has 0 bridgehead atoms. The molecule has 1 unspecified atom stereocenters. The number of ether oxygens (including phenoxy) is 1. The first-order valence-corrected chi connectivity index (χ1v) is 6.11. The fourth-order valence-corrected chi connectivity index (χ4v) is 2.55. The largest absolute Gasteiger partial charge is 0.370 e. The minimum absolute atomic E-state index is 0.111. The number of nitrogens with zero attached hydrogens (tertiary/aromatic N) is 2. The molecule has 0 aliphatic carbocycles. The van der Waals surface area contributed by atoms with Crippen molar-refractivity contribution in [2.45, 2.75) is 18.9 Å². The third-order valence-electron chi connectivity index (χ3n) is 3.43. The molecule has 2 rings (SSSR count). The van der Waals surface area contributed by atoms with Gasteiger partial charge in [-0.2, -0.15) is 0 Å². The summed E-state index contributed by atoms with van der Waals surface area (Å²) in [6.07, 6.45) is 2.50. The van der Waals surface area contributed by atoms with Crippen molar-refractivity contribution >= 4 is 5.91 Å². The Hall–Kier alpha value is -0.650. The maximum Gasteiger partial charge on any atom is 0.248 e. The van der Waals surface area contributed by atoms with Crippen LogP contribution in [0.15, 0.2) is 0 Å². The topological polar surface area (TPSA) is 58.8 Å². The summed E-state index contributed by atoms with van der Waals surface area (Å²) >= 11 is 0. The Bertz CT molecular complexity index is 247. The highest BCUT2D eigenvalue weighted by molar-refractivity contribution is 5.77. The van der Waals surface area contributed by atoms with Gasteiger partial charge in [0.05, 0.1) is 6.61 Å². The molecule has 5 nitrogen and oxygen atoms in total. The number of carbonyl (C=O) groups is 1. The van der Waals surface area contributed by atoms with E-state index in [1.807, 2.05) is 4.90 Å². The third-order valence-corrected chi connectivity index (χ3v) is 3.43. The zero-order valence-electron chi connectivity index (χ0n) is 9.73. The second kappa shape index (κ2) is 5.61. The normalized spacial score (nSPS) is 25.8. The molecule has 0 aromatic carbocycles. The van der Waals surface area contributed by atoms with Crippen molar-refractivity contribution in [3.63, 3.8) is 0 Å². The summed E-state index contributed by atoms with van der Waals surface area (Å²) in [4.78, 5) is 16.2.